The second-order valence-corrected chi connectivity index (χ2v) is 16.4. The Bertz CT molecular complexity index is 2660. The van der Waals surface area contributed by atoms with E-state index in [2.05, 4.69) is 139 Å². The van der Waals surface area contributed by atoms with Gasteiger partial charge in [-0.3, -0.25) is 4.89 Å². The Balaban J connectivity index is 1.29. The SMILES string of the molecule is Cc1cc(C)c(-c2ccc(-c3cc4ccccc4c4c3OP(=O)(O)Oc3c(-c5ccc(-c6c(C)cc(C)cc6C)cc5)cc5ccccc5c3-4)cc2)c(C)c1. The van der Waals surface area contributed by atoms with Gasteiger partial charge in [-0.1, -0.05) is 132 Å². The molecule has 0 radical (unpaired) electrons. The largest absolute Gasteiger partial charge is 0.584 e. The molecule has 270 valence electrons. The number of phosphoric ester groups is 1. The Morgan fingerprint density at radius 3 is 1.11 bits per heavy atom. The van der Waals surface area contributed by atoms with Crippen molar-refractivity contribution < 1.29 is 18.5 Å². The van der Waals surface area contributed by atoms with Gasteiger partial charge in [0.1, 0.15) is 11.5 Å². The Morgan fingerprint density at radius 1 is 0.418 bits per heavy atom. The molecule has 1 aliphatic heterocycles. The molecule has 55 heavy (non-hydrogen) atoms. The van der Waals surface area contributed by atoms with Crippen molar-refractivity contribution in [1.29, 1.82) is 0 Å². The van der Waals surface area contributed by atoms with Gasteiger partial charge in [0.2, 0.25) is 0 Å². The normalized spacial score (nSPS) is 13.1. The van der Waals surface area contributed by atoms with Crippen molar-refractivity contribution in [3.05, 3.63) is 167 Å². The standard InChI is InChI=1S/C50H41O4P/c1-29-23-31(3)45(32(4)24-29)37-19-15-35(16-20-37)43-27-39-11-7-9-13-41(39)47-48-42-14-10-8-12-40(42)28-44(50(48)54-55(51,52)53-49(43)47)36-17-21-38(22-18-36)46-33(5)25-30(2)26-34(46)6/h7-28H,1-6H3,(H,51,52). The maximum absolute atomic E-state index is 14.2. The molecule has 5 heteroatoms. The van der Waals surface area contributed by atoms with E-state index in [0.717, 1.165) is 54.9 Å². The second-order valence-electron chi connectivity index (χ2n) is 15.1. The zero-order valence-electron chi connectivity index (χ0n) is 31.8. The van der Waals surface area contributed by atoms with Crippen LogP contribution in [0.5, 0.6) is 11.5 Å². The molecule has 0 atom stereocenters. The van der Waals surface area contributed by atoms with E-state index in [1.54, 1.807) is 0 Å². The number of aryl methyl sites for hydroxylation is 6. The molecule has 0 aliphatic carbocycles. The summed E-state index contributed by atoms with van der Waals surface area (Å²) < 4.78 is 26.7. The number of hydrogen-bond acceptors (Lipinski definition) is 3. The van der Waals surface area contributed by atoms with Crippen LogP contribution in [0.15, 0.2) is 133 Å². The van der Waals surface area contributed by atoms with Gasteiger partial charge in [-0.15, -0.1) is 0 Å². The fourth-order valence-electron chi connectivity index (χ4n) is 8.93. The molecular formula is C50H41O4P. The van der Waals surface area contributed by atoms with Crippen molar-refractivity contribution in [3.63, 3.8) is 0 Å². The highest BCUT2D eigenvalue weighted by atomic mass is 31.2. The van der Waals surface area contributed by atoms with Crippen LogP contribution in [-0.2, 0) is 4.57 Å². The van der Waals surface area contributed by atoms with Crippen LogP contribution < -0.4 is 9.05 Å². The van der Waals surface area contributed by atoms with Gasteiger partial charge < -0.3 is 9.05 Å². The number of rotatable bonds is 4. The summed E-state index contributed by atoms with van der Waals surface area (Å²) in [6, 6.07) is 46.0. The second kappa shape index (κ2) is 13.1. The minimum Gasteiger partial charge on any atom is -0.394 e. The van der Waals surface area contributed by atoms with E-state index < -0.39 is 7.82 Å². The van der Waals surface area contributed by atoms with Gasteiger partial charge in [-0.25, -0.2) is 4.57 Å². The van der Waals surface area contributed by atoms with E-state index >= 15 is 0 Å². The number of phosphoric acid groups is 1. The maximum atomic E-state index is 14.2. The molecule has 0 aromatic heterocycles. The summed E-state index contributed by atoms with van der Waals surface area (Å²) in [7, 11) is -4.70. The molecule has 8 aromatic rings. The first-order valence-corrected chi connectivity index (χ1v) is 20.2. The minimum atomic E-state index is -4.70. The fourth-order valence-corrected chi connectivity index (χ4v) is 9.80. The molecule has 1 N–H and O–H groups in total. The zero-order chi connectivity index (χ0) is 38.2. The number of hydrogen-bond donors (Lipinski definition) is 1. The highest BCUT2D eigenvalue weighted by Crippen LogP contribution is 2.61. The zero-order valence-corrected chi connectivity index (χ0v) is 32.7. The Kier molecular flexibility index (Phi) is 8.31. The molecule has 0 fully saturated rings. The maximum Gasteiger partial charge on any atom is 0.584 e. The van der Waals surface area contributed by atoms with Crippen LogP contribution in [0.4, 0.5) is 0 Å². The van der Waals surface area contributed by atoms with E-state index in [1.807, 2.05) is 36.4 Å². The Hall–Kier alpha value is -5.93. The molecule has 4 nitrogen and oxygen atoms in total. The lowest BCUT2D eigenvalue weighted by Crippen LogP contribution is -2.00. The highest BCUT2D eigenvalue weighted by molar-refractivity contribution is 7.48. The number of benzene rings is 8. The van der Waals surface area contributed by atoms with Gasteiger partial charge in [-0.2, -0.15) is 0 Å². The highest BCUT2D eigenvalue weighted by Gasteiger charge is 2.37. The first kappa shape index (κ1) is 34.8. The smallest absolute Gasteiger partial charge is 0.394 e. The quantitative estimate of drug-likeness (QED) is 0.183. The van der Waals surface area contributed by atoms with Gasteiger partial charge in [0.15, 0.2) is 0 Å². The summed E-state index contributed by atoms with van der Waals surface area (Å²) in [5, 5.41) is 3.77. The van der Waals surface area contributed by atoms with Crippen LogP contribution in [0.25, 0.3) is 77.2 Å². The molecule has 0 saturated heterocycles. The predicted molar refractivity (Wildman–Crippen MR) is 228 cm³/mol. The van der Waals surface area contributed by atoms with Crippen LogP contribution in [0.1, 0.15) is 33.4 Å². The van der Waals surface area contributed by atoms with Crippen molar-refractivity contribution in [2.75, 3.05) is 0 Å². The van der Waals surface area contributed by atoms with Crippen molar-refractivity contribution in [3.8, 4) is 67.1 Å². The molecule has 0 bridgehead atoms. The van der Waals surface area contributed by atoms with E-state index in [4.69, 9.17) is 9.05 Å². The summed E-state index contributed by atoms with van der Waals surface area (Å²) in [5.74, 6) is 0.642. The number of fused-ring (bicyclic) bond motifs is 7. The third-order valence-corrected chi connectivity index (χ3v) is 11.8. The summed E-state index contributed by atoms with van der Waals surface area (Å²) in [4.78, 5) is 11.6. The molecule has 1 heterocycles. The van der Waals surface area contributed by atoms with Gasteiger partial charge in [0.05, 0.1) is 0 Å². The van der Waals surface area contributed by atoms with E-state index in [0.29, 0.717) is 22.6 Å². The van der Waals surface area contributed by atoms with Crippen molar-refractivity contribution in [1.82, 2.24) is 0 Å². The van der Waals surface area contributed by atoms with Crippen LogP contribution in [0.2, 0.25) is 0 Å². The average molecular weight is 737 g/mol. The Morgan fingerprint density at radius 2 is 0.745 bits per heavy atom. The third kappa shape index (κ3) is 6.03. The molecule has 1 aliphatic rings. The first-order valence-electron chi connectivity index (χ1n) is 18.7. The fraction of sp³-hybridized carbons (Fsp3) is 0.120. The first-order chi connectivity index (χ1) is 26.5. The molecule has 0 spiro atoms. The van der Waals surface area contributed by atoms with E-state index in [1.165, 1.54) is 44.5 Å². The van der Waals surface area contributed by atoms with Crippen LogP contribution in [-0.4, -0.2) is 4.89 Å². The van der Waals surface area contributed by atoms with Crippen molar-refractivity contribution in [2.45, 2.75) is 41.5 Å². The lowest BCUT2D eigenvalue weighted by molar-refractivity contribution is 0.295. The minimum absolute atomic E-state index is 0.321. The van der Waals surface area contributed by atoms with Crippen LogP contribution >= 0.6 is 7.82 Å². The molecule has 9 rings (SSSR count). The lowest BCUT2D eigenvalue weighted by atomic mass is 9.86. The molecule has 8 aromatic carbocycles. The predicted octanol–water partition coefficient (Wildman–Crippen LogP) is 14.1. The van der Waals surface area contributed by atoms with Gasteiger partial charge in [0.25, 0.3) is 0 Å². The van der Waals surface area contributed by atoms with E-state index in [-0.39, 0.29) is 0 Å². The molecule has 0 amide bonds. The average Bonchev–Trinajstić information content (AvgIpc) is 3.27. The molecular weight excluding hydrogens is 696 g/mol. The summed E-state index contributed by atoms with van der Waals surface area (Å²) in [6.07, 6.45) is 0. The lowest BCUT2D eigenvalue weighted by Gasteiger charge is -2.19. The van der Waals surface area contributed by atoms with E-state index in [9.17, 15) is 9.46 Å². The van der Waals surface area contributed by atoms with Crippen molar-refractivity contribution in [2.24, 2.45) is 0 Å². The summed E-state index contributed by atoms with van der Waals surface area (Å²) in [6.45, 7) is 12.8. The Labute approximate surface area is 322 Å². The van der Waals surface area contributed by atoms with Crippen molar-refractivity contribution >= 4 is 29.4 Å². The third-order valence-electron chi connectivity index (χ3n) is 11.0. The monoisotopic (exact) mass is 736 g/mol. The van der Waals surface area contributed by atoms with Gasteiger partial charge in [0, 0.05) is 22.3 Å². The summed E-state index contributed by atoms with van der Waals surface area (Å²) in [5.41, 5.74) is 16.6. The summed E-state index contributed by atoms with van der Waals surface area (Å²) >= 11 is 0. The topological polar surface area (TPSA) is 55.8 Å². The van der Waals surface area contributed by atoms with Gasteiger partial charge >= 0.3 is 7.82 Å². The van der Waals surface area contributed by atoms with Crippen LogP contribution in [0.3, 0.4) is 0 Å². The van der Waals surface area contributed by atoms with Gasteiger partial charge in [-0.05, 0) is 131 Å². The van der Waals surface area contributed by atoms with Crippen LogP contribution in [0, 0.1) is 41.5 Å². The molecule has 0 saturated carbocycles. The molecule has 0 unspecified atom stereocenters.